The molecule has 2 N–H and O–H groups in total. The smallest absolute Gasteiger partial charge is 0.309 e. The second kappa shape index (κ2) is 16.1. The van der Waals surface area contributed by atoms with Crippen molar-refractivity contribution in [1.29, 1.82) is 0 Å². The molecule has 0 bridgehead atoms. The van der Waals surface area contributed by atoms with Crippen molar-refractivity contribution in [2.75, 3.05) is 52.4 Å². The van der Waals surface area contributed by atoms with Crippen molar-refractivity contribution in [2.24, 2.45) is 0 Å². The summed E-state index contributed by atoms with van der Waals surface area (Å²) < 4.78 is 1.85. The van der Waals surface area contributed by atoms with Crippen molar-refractivity contribution in [3.05, 3.63) is 69.7 Å². The lowest BCUT2D eigenvalue weighted by molar-refractivity contribution is -0.937. The Balaban J connectivity index is 1.73. The molecule has 8 heteroatoms. The van der Waals surface area contributed by atoms with E-state index in [1.807, 2.05) is 24.3 Å². The Morgan fingerprint density at radius 2 is 0.921 bits per heavy atom. The van der Waals surface area contributed by atoms with Gasteiger partial charge in [-0.2, -0.15) is 0 Å². The van der Waals surface area contributed by atoms with Crippen LogP contribution < -0.4 is 10.6 Å². The maximum atomic E-state index is 12.3. The van der Waals surface area contributed by atoms with Crippen molar-refractivity contribution in [2.45, 2.75) is 53.6 Å². The van der Waals surface area contributed by atoms with Crippen LogP contribution in [0.2, 0.25) is 10.0 Å². The predicted octanol–water partition coefficient (Wildman–Crippen LogP) is 5.42. The van der Waals surface area contributed by atoms with Crippen molar-refractivity contribution in [3.8, 4) is 0 Å². The number of rotatable bonds is 16. The highest BCUT2D eigenvalue weighted by Crippen LogP contribution is 2.19. The summed E-state index contributed by atoms with van der Waals surface area (Å²) >= 11 is 12.1. The fraction of sp³-hybridized carbons (Fsp3) is 0.533. The summed E-state index contributed by atoms with van der Waals surface area (Å²) in [6.07, 6.45) is 1.62. The summed E-state index contributed by atoms with van der Waals surface area (Å²) in [5, 5.41) is 7.08. The zero-order valence-corrected chi connectivity index (χ0v) is 25.1. The topological polar surface area (TPSA) is 58.2 Å². The molecule has 2 aromatic carbocycles. The van der Waals surface area contributed by atoms with E-state index in [0.29, 0.717) is 13.1 Å². The third-order valence-corrected chi connectivity index (χ3v) is 8.45. The normalized spacial score (nSPS) is 11.8. The average Bonchev–Trinajstić information content (AvgIpc) is 2.94. The first kappa shape index (κ1) is 32.1. The van der Waals surface area contributed by atoms with Gasteiger partial charge in [0, 0.05) is 47.1 Å². The first-order valence-corrected chi connectivity index (χ1v) is 14.7. The number of benzene rings is 2. The zero-order valence-electron chi connectivity index (χ0n) is 23.6. The molecule has 0 aromatic heterocycles. The lowest BCUT2D eigenvalue weighted by Crippen LogP contribution is -2.49. The van der Waals surface area contributed by atoms with Gasteiger partial charge in [-0.05, 0) is 52.0 Å². The van der Waals surface area contributed by atoms with Gasteiger partial charge in [0.05, 0.1) is 39.3 Å². The SMILES string of the molecule is CC[N+](CC)(CCCNC(=O)C(=O)NCCC[N+](CC)(CC)Cc1ccc(Cl)cc1)Cc1ccc(Cl)cc1. The van der Waals surface area contributed by atoms with Gasteiger partial charge in [-0.3, -0.25) is 9.59 Å². The summed E-state index contributed by atoms with van der Waals surface area (Å²) in [6.45, 7) is 17.5. The predicted molar refractivity (Wildman–Crippen MR) is 158 cm³/mol. The largest absolute Gasteiger partial charge is 0.348 e. The molecule has 0 unspecified atom stereocenters. The second-order valence-electron chi connectivity index (χ2n) is 10.2. The maximum absolute atomic E-state index is 12.3. The standard InChI is InChI=1S/C30H44Cl2N4O2/c1-5-35(6-2,23-25-11-15-27(31)16-12-25)21-9-19-33-29(37)30(38)34-20-10-22-36(7-3,8-4)24-26-13-17-28(32)18-14-26/h11-18H,5-10,19-24H2,1-4H3/p+2. The zero-order chi connectivity index (χ0) is 28.0. The first-order chi connectivity index (χ1) is 18.2. The summed E-state index contributed by atoms with van der Waals surface area (Å²) in [4.78, 5) is 24.7. The van der Waals surface area contributed by atoms with Crippen molar-refractivity contribution < 1.29 is 18.6 Å². The van der Waals surface area contributed by atoms with Crippen LogP contribution in [0.1, 0.15) is 51.7 Å². The molecule has 0 aliphatic heterocycles. The Morgan fingerprint density at radius 3 is 1.21 bits per heavy atom. The van der Waals surface area contributed by atoms with Crippen molar-refractivity contribution in [3.63, 3.8) is 0 Å². The number of hydrogen-bond donors (Lipinski definition) is 2. The molecule has 0 aliphatic carbocycles. The van der Waals surface area contributed by atoms with Gasteiger partial charge < -0.3 is 19.6 Å². The molecular formula is C30H46Cl2N4O2+2. The fourth-order valence-electron chi connectivity index (χ4n) is 5.03. The Morgan fingerprint density at radius 1 is 0.605 bits per heavy atom. The van der Waals surface area contributed by atoms with Crippen LogP contribution in [0.4, 0.5) is 0 Å². The third kappa shape index (κ3) is 10.2. The minimum atomic E-state index is -0.554. The molecule has 2 aromatic rings. The van der Waals surface area contributed by atoms with E-state index >= 15 is 0 Å². The molecule has 2 amide bonds. The Kier molecular flexibility index (Phi) is 13.6. The van der Waals surface area contributed by atoms with Crippen LogP contribution in [0.25, 0.3) is 0 Å². The number of nitrogens with zero attached hydrogens (tertiary/aromatic N) is 2. The summed E-state index contributed by atoms with van der Waals surface area (Å²) in [7, 11) is 0. The number of halogens is 2. The average molecular weight is 566 g/mol. The van der Waals surface area contributed by atoms with E-state index in [1.165, 1.54) is 11.1 Å². The Hall–Kier alpha value is -2.12. The molecule has 0 saturated carbocycles. The Labute approximate surface area is 239 Å². The van der Waals surface area contributed by atoms with Crippen LogP contribution in [0.5, 0.6) is 0 Å². The Bertz CT molecular complexity index is 907. The number of carbonyl (C=O) groups is 2. The number of carbonyl (C=O) groups excluding carboxylic acids is 2. The van der Waals surface area contributed by atoms with Crippen LogP contribution in [0, 0.1) is 0 Å². The van der Waals surface area contributed by atoms with E-state index in [-0.39, 0.29) is 0 Å². The van der Waals surface area contributed by atoms with E-state index in [0.717, 1.165) is 84.2 Å². The molecule has 0 heterocycles. The van der Waals surface area contributed by atoms with Crippen molar-refractivity contribution >= 4 is 35.0 Å². The molecule has 0 fully saturated rings. The summed E-state index contributed by atoms with van der Waals surface area (Å²) in [5.74, 6) is -1.11. The molecule has 38 heavy (non-hydrogen) atoms. The molecule has 0 aliphatic rings. The molecule has 0 atom stereocenters. The van der Waals surface area contributed by atoms with E-state index in [4.69, 9.17) is 23.2 Å². The van der Waals surface area contributed by atoms with Crippen LogP contribution >= 0.6 is 23.2 Å². The molecule has 6 nitrogen and oxygen atoms in total. The molecule has 0 radical (unpaired) electrons. The summed E-state index contributed by atoms with van der Waals surface area (Å²) in [5.41, 5.74) is 2.51. The molecular weight excluding hydrogens is 519 g/mol. The van der Waals surface area contributed by atoms with Gasteiger partial charge in [-0.1, -0.05) is 47.5 Å². The molecule has 210 valence electrons. The van der Waals surface area contributed by atoms with E-state index in [1.54, 1.807) is 0 Å². The van der Waals surface area contributed by atoms with Gasteiger partial charge in [0.15, 0.2) is 0 Å². The van der Waals surface area contributed by atoms with Gasteiger partial charge in [0.1, 0.15) is 13.1 Å². The third-order valence-electron chi connectivity index (χ3n) is 7.94. The van der Waals surface area contributed by atoms with Crippen LogP contribution in [0.3, 0.4) is 0 Å². The van der Waals surface area contributed by atoms with Crippen LogP contribution in [-0.2, 0) is 22.7 Å². The lowest BCUT2D eigenvalue weighted by Gasteiger charge is -2.37. The van der Waals surface area contributed by atoms with Crippen LogP contribution in [-0.4, -0.2) is 73.1 Å². The monoisotopic (exact) mass is 564 g/mol. The highest BCUT2D eigenvalue weighted by molar-refractivity contribution is 6.35. The lowest BCUT2D eigenvalue weighted by atomic mass is 10.1. The van der Waals surface area contributed by atoms with E-state index < -0.39 is 11.8 Å². The summed E-state index contributed by atoms with van der Waals surface area (Å²) in [6, 6.07) is 16.0. The molecule has 0 spiro atoms. The van der Waals surface area contributed by atoms with Crippen LogP contribution in [0.15, 0.2) is 48.5 Å². The van der Waals surface area contributed by atoms with Gasteiger partial charge in [-0.25, -0.2) is 0 Å². The highest BCUT2D eigenvalue weighted by Gasteiger charge is 2.25. The number of amides is 2. The van der Waals surface area contributed by atoms with Gasteiger partial charge in [0.25, 0.3) is 0 Å². The van der Waals surface area contributed by atoms with Crippen molar-refractivity contribution in [1.82, 2.24) is 10.6 Å². The first-order valence-electron chi connectivity index (χ1n) is 14.0. The second-order valence-corrected chi connectivity index (χ2v) is 11.1. The molecule has 0 saturated heterocycles. The van der Waals surface area contributed by atoms with E-state index in [2.05, 4.69) is 62.6 Å². The number of nitrogens with one attached hydrogen (secondary N) is 2. The number of quaternary nitrogens is 2. The molecule has 2 rings (SSSR count). The quantitative estimate of drug-likeness (QED) is 0.162. The van der Waals surface area contributed by atoms with Gasteiger partial charge in [-0.15, -0.1) is 0 Å². The maximum Gasteiger partial charge on any atom is 0.309 e. The highest BCUT2D eigenvalue weighted by atomic mass is 35.5. The minimum absolute atomic E-state index is 0.486. The van der Waals surface area contributed by atoms with Gasteiger partial charge in [0.2, 0.25) is 0 Å². The van der Waals surface area contributed by atoms with E-state index in [9.17, 15) is 9.59 Å². The van der Waals surface area contributed by atoms with Gasteiger partial charge >= 0.3 is 11.8 Å². The fourth-order valence-corrected chi connectivity index (χ4v) is 5.28. The minimum Gasteiger partial charge on any atom is -0.348 e. The number of hydrogen-bond acceptors (Lipinski definition) is 2.